The molecule has 0 fully saturated rings. The van der Waals surface area contributed by atoms with Crippen LogP contribution in [-0.2, 0) is 6.42 Å². The Bertz CT molecular complexity index is 908. The Kier molecular flexibility index (Phi) is 5.79. The van der Waals surface area contributed by atoms with E-state index in [2.05, 4.69) is 10.3 Å². The Morgan fingerprint density at radius 2 is 1.67 bits per heavy atom. The number of primary amides is 1. The van der Waals surface area contributed by atoms with E-state index in [1.165, 1.54) is 6.20 Å². The minimum absolute atomic E-state index is 0.0824. The maximum Gasteiger partial charge on any atom is 0.251 e. The Balaban J connectivity index is 1.50. The van der Waals surface area contributed by atoms with Crippen LogP contribution >= 0.6 is 0 Å². The first-order chi connectivity index (χ1) is 13.1. The van der Waals surface area contributed by atoms with Crippen LogP contribution in [0, 0.1) is 0 Å². The monoisotopic (exact) mass is 361 g/mol. The van der Waals surface area contributed by atoms with E-state index in [1.54, 1.807) is 24.3 Å². The summed E-state index contributed by atoms with van der Waals surface area (Å²) in [6, 6.07) is 19.8. The number of nitrogens with zero attached hydrogens (tertiary/aromatic N) is 1. The summed E-state index contributed by atoms with van der Waals surface area (Å²) in [6.45, 7) is 0.546. The lowest BCUT2D eigenvalue weighted by molar-refractivity contribution is 0.0952. The Labute approximate surface area is 157 Å². The highest BCUT2D eigenvalue weighted by Crippen LogP contribution is 2.20. The number of hydrogen-bond acceptors (Lipinski definition) is 4. The zero-order valence-corrected chi connectivity index (χ0v) is 14.6. The standard InChI is InChI=1S/C21H19N3O3/c22-20(25)17-8-11-19(24-14-17)27-18-9-6-15(7-10-18)12-13-23-21(26)16-4-2-1-3-5-16/h1-11,14H,12-13H2,(H2,22,25)(H,23,26). The minimum Gasteiger partial charge on any atom is -0.439 e. The lowest BCUT2D eigenvalue weighted by Gasteiger charge is -2.07. The van der Waals surface area contributed by atoms with Crippen molar-refractivity contribution >= 4 is 11.8 Å². The van der Waals surface area contributed by atoms with Crippen molar-refractivity contribution in [3.63, 3.8) is 0 Å². The van der Waals surface area contributed by atoms with Crippen molar-refractivity contribution in [3.05, 3.63) is 89.6 Å². The fourth-order valence-electron chi connectivity index (χ4n) is 2.44. The molecule has 0 aliphatic heterocycles. The zero-order chi connectivity index (χ0) is 19.1. The lowest BCUT2D eigenvalue weighted by Crippen LogP contribution is -2.25. The van der Waals surface area contributed by atoms with Crippen LogP contribution in [0.4, 0.5) is 0 Å². The second kappa shape index (κ2) is 8.62. The van der Waals surface area contributed by atoms with E-state index >= 15 is 0 Å². The number of pyridine rings is 1. The molecule has 0 aliphatic carbocycles. The average molecular weight is 361 g/mol. The van der Waals surface area contributed by atoms with Gasteiger partial charge in [-0.2, -0.15) is 0 Å². The topological polar surface area (TPSA) is 94.3 Å². The predicted molar refractivity (Wildman–Crippen MR) is 102 cm³/mol. The molecule has 0 aliphatic rings. The van der Waals surface area contributed by atoms with Crippen LogP contribution in [0.1, 0.15) is 26.3 Å². The number of ether oxygens (including phenoxy) is 1. The summed E-state index contributed by atoms with van der Waals surface area (Å²) in [5.41, 5.74) is 7.23. The fourth-order valence-corrected chi connectivity index (χ4v) is 2.44. The number of hydrogen-bond donors (Lipinski definition) is 2. The van der Waals surface area contributed by atoms with Crippen LogP contribution in [-0.4, -0.2) is 23.3 Å². The van der Waals surface area contributed by atoms with Gasteiger partial charge in [0.2, 0.25) is 11.8 Å². The number of rotatable bonds is 7. The number of amides is 2. The summed E-state index contributed by atoms with van der Waals surface area (Å²) in [7, 11) is 0. The molecule has 6 nitrogen and oxygen atoms in total. The molecule has 0 atom stereocenters. The molecule has 0 unspecified atom stereocenters. The molecule has 1 aromatic heterocycles. The number of nitrogens with one attached hydrogen (secondary N) is 1. The van der Waals surface area contributed by atoms with Gasteiger partial charge in [0.1, 0.15) is 5.75 Å². The highest BCUT2D eigenvalue weighted by molar-refractivity contribution is 5.94. The van der Waals surface area contributed by atoms with Crippen LogP contribution in [0.2, 0.25) is 0 Å². The Morgan fingerprint density at radius 1 is 0.926 bits per heavy atom. The molecular formula is C21H19N3O3. The molecule has 0 saturated heterocycles. The van der Waals surface area contributed by atoms with Gasteiger partial charge in [-0.3, -0.25) is 9.59 Å². The van der Waals surface area contributed by atoms with Gasteiger partial charge in [0, 0.05) is 24.4 Å². The number of carbonyl (C=O) groups excluding carboxylic acids is 2. The van der Waals surface area contributed by atoms with Gasteiger partial charge in [0.15, 0.2) is 0 Å². The molecule has 1 heterocycles. The van der Waals surface area contributed by atoms with Crippen LogP contribution in [0.15, 0.2) is 72.9 Å². The highest BCUT2D eigenvalue weighted by Gasteiger charge is 2.05. The van der Waals surface area contributed by atoms with Crippen molar-refractivity contribution in [1.29, 1.82) is 0 Å². The molecule has 6 heteroatoms. The molecule has 27 heavy (non-hydrogen) atoms. The van der Waals surface area contributed by atoms with Crippen molar-refractivity contribution in [1.82, 2.24) is 10.3 Å². The summed E-state index contributed by atoms with van der Waals surface area (Å²) < 4.78 is 5.64. The summed E-state index contributed by atoms with van der Waals surface area (Å²) in [4.78, 5) is 27.1. The van der Waals surface area contributed by atoms with E-state index < -0.39 is 5.91 Å². The van der Waals surface area contributed by atoms with E-state index in [1.807, 2.05) is 42.5 Å². The van der Waals surface area contributed by atoms with E-state index in [4.69, 9.17) is 10.5 Å². The van der Waals surface area contributed by atoms with Crippen LogP contribution in [0.25, 0.3) is 0 Å². The molecule has 3 N–H and O–H groups in total. The quantitative estimate of drug-likeness (QED) is 0.676. The Morgan fingerprint density at radius 3 is 2.30 bits per heavy atom. The maximum atomic E-state index is 12.0. The highest BCUT2D eigenvalue weighted by atomic mass is 16.5. The van der Waals surface area contributed by atoms with Crippen LogP contribution in [0.3, 0.4) is 0 Å². The summed E-state index contributed by atoms with van der Waals surface area (Å²) >= 11 is 0. The molecule has 0 saturated carbocycles. The first-order valence-corrected chi connectivity index (χ1v) is 8.48. The first-order valence-electron chi connectivity index (χ1n) is 8.48. The predicted octanol–water partition coefficient (Wildman–Crippen LogP) is 2.95. The number of benzene rings is 2. The van der Waals surface area contributed by atoms with Gasteiger partial charge in [-0.15, -0.1) is 0 Å². The van der Waals surface area contributed by atoms with Gasteiger partial charge in [-0.1, -0.05) is 30.3 Å². The third-order valence-corrected chi connectivity index (χ3v) is 3.90. The average Bonchev–Trinajstić information content (AvgIpc) is 2.70. The smallest absolute Gasteiger partial charge is 0.251 e. The van der Waals surface area contributed by atoms with E-state index in [-0.39, 0.29) is 5.91 Å². The third-order valence-electron chi connectivity index (χ3n) is 3.90. The normalized spacial score (nSPS) is 10.2. The molecule has 3 aromatic rings. The van der Waals surface area contributed by atoms with E-state index in [0.29, 0.717) is 35.7 Å². The zero-order valence-electron chi connectivity index (χ0n) is 14.6. The molecule has 3 rings (SSSR count). The van der Waals surface area contributed by atoms with Crippen molar-refractivity contribution in [2.75, 3.05) is 6.54 Å². The second-order valence-corrected chi connectivity index (χ2v) is 5.87. The second-order valence-electron chi connectivity index (χ2n) is 5.87. The molecule has 0 spiro atoms. The minimum atomic E-state index is -0.530. The van der Waals surface area contributed by atoms with Crippen molar-refractivity contribution in [2.45, 2.75) is 6.42 Å². The van der Waals surface area contributed by atoms with Gasteiger partial charge in [-0.05, 0) is 42.3 Å². The van der Waals surface area contributed by atoms with Crippen molar-refractivity contribution in [3.8, 4) is 11.6 Å². The molecule has 0 radical (unpaired) electrons. The summed E-state index contributed by atoms with van der Waals surface area (Å²) in [5, 5.41) is 2.90. The number of carbonyl (C=O) groups is 2. The molecular weight excluding hydrogens is 342 g/mol. The lowest BCUT2D eigenvalue weighted by atomic mass is 10.1. The van der Waals surface area contributed by atoms with Gasteiger partial charge in [0.05, 0.1) is 5.56 Å². The van der Waals surface area contributed by atoms with Crippen molar-refractivity contribution in [2.24, 2.45) is 5.73 Å². The fraction of sp³-hybridized carbons (Fsp3) is 0.0952. The number of aromatic nitrogens is 1. The molecule has 2 aromatic carbocycles. The number of nitrogens with two attached hydrogens (primary N) is 1. The Hall–Kier alpha value is -3.67. The molecule has 136 valence electrons. The molecule has 2 amide bonds. The summed E-state index contributed by atoms with van der Waals surface area (Å²) in [6.07, 6.45) is 2.09. The van der Waals surface area contributed by atoms with Crippen LogP contribution in [0.5, 0.6) is 11.6 Å². The SMILES string of the molecule is NC(=O)c1ccc(Oc2ccc(CCNC(=O)c3ccccc3)cc2)nc1. The van der Waals surface area contributed by atoms with Crippen molar-refractivity contribution < 1.29 is 14.3 Å². The largest absolute Gasteiger partial charge is 0.439 e. The maximum absolute atomic E-state index is 12.0. The molecule has 0 bridgehead atoms. The summed E-state index contributed by atoms with van der Waals surface area (Å²) in [5.74, 6) is 0.396. The van der Waals surface area contributed by atoms with E-state index in [0.717, 1.165) is 5.56 Å². The third kappa shape index (κ3) is 5.15. The first kappa shape index (κ1) is 18.1. The van der Waals surface area contributed by atoms with Gasteiger partial charge in [0.25, 0.3) is 5.91 Å². The van der Waals surface area contributed by atoms with E-state index in [9.17, 15) is 9.59 Å². The van der Waals surface area contributed by atoms with Gasteiger partial charge in [-0.25, -0.2) is 4.98 Å². The van der Waals surface area contributed by atoms with Gasteiger partial charge >= 0.3 is 0 Å². The van der Waals surface area contributed by atoms with Crippen LogP contribution < -0.4 is 15.8 Å². The van der Waals surface area contributed by atoms with Gasteiger partial charge < -0.3 is 15.8 Å².